The Balaban J connectivity index is 1.65. The van der Waals surface area contributed by atoms with Gasteiger partial charge in [-0.25, -0.2) is 27.2 Å². The Morgan fingerprint density at radius 3 is 2.61 bits per heavy atom. The molecule has 0 amide bonds. The molecule has 1 unspecified atom stereocenters. The molecule has 1 aromatic carbocycles. The number of ether oxygens (including phenoxy) is 1. The average molecular weight is 566 g/mol. The molecule has 0 aliphatic carbocycles. The van der Waals surface area contributed by atoms with Gasteiger partial charge in [0.2, 0.25) is 10.0 Å². The number of fused-ring (bicyclic) bond motifs is 1. The second-order valence-corrected chi connectivity index (χ2v) is 11.5. The van der Waals surface area contributed by atoms with Gasteiger partial charge in [-0.05, 0) is 37.0 Å². The topological polar surface area (TPSA) is 107 Å². The second-order valence-electron chi connectivity index (χ2n) is 9.12. The predicted molar refractivity (Wildman–Crippen MR) is 142 cm³/mol. The summed E-state index contributed by atoms with van der Waals surface area (Å²) >= 11 is 6.34. The monoisotopic (exact) mass is 565 g/mol. The molecule has 1 fully saturated rings. The number of pyridine rings is 1. The summed E-state index contributed by atoms with van der Waals surface area (Å²) in [6.07, 6.45) is 3.28. The number of benzene rings is 1. The van der Waals surface area contributed by atoms with Crippen LogP contribution in [-0.2, 0) is 21.8 Å². The first kappa shape index (κ1) is 26.3. The number of imidazole rings is 1. The normalized spacial score (nSPS) is 16.3. The number of sulfonamides is 1. The van der Waals surface area contributed by atoms with E-state index in [0.29, 0.717) is 30.1 Å². The van der Waals surface area contributed by atoms with Crippen LogP contribution in [0.25, 0.3) is 22.3 Å². The number of rotatable bonds is 7. The first-order chi connectivity index (χ1) is 18.0. The third kappa shape index (κ3) is 5.05. The van der Waals surface area contributed by atoms with Crippen molar-refractivity contribution in [1.82, 2.24) is 24.3 Å². The molecule has 0 spiro atoms. The van der Waals surface area contributed by atoms with Crippen LogP contribution in [0.4, 0.5) is 25.8 Å². The van der Waals surface area contributed by atoms with Crippen molar-refractivity contribution in [3.05, 3.63) is 47.6 Å². The van der Waals surface area contributed by atoms with E-state index in [4.69, 9.17) is 16.3 Å². The highest BCUT2D eigenvalue weighted by molar-refractivity contribution is 7.92. The lowest BCUT2D eigenvalue weighted by atomic mass is 10.1. The van der Waals surface area contributed by atoms with Crippen LogP contribution >= 0.6 is 11.6 Å². The maximum atomic E-state index is 14.1. The maximum Gasteiger partial charge on any atom is 0.295 e. The Morgan fingerprint density at radius 2 is 1.97 bits per heavy atom. The number of alkyl halides is 2. The highest BCUT2D eigenvalue weighted by Gasteiger charge is 2.29. The van der Waals surface area contributed by atoms with Crippen molar-refractivity contribution in [3.8, 4) is 11.1 Å². The summed E-state index contributed by atoms with van der Waals surface area (Å²) in [5.74, 6) is -0.467. The molecule has 4 heterocycles. The molecule has 1 N–H and O–H groups in total. The van der Waals surface area contributed by atoms with Crippen LogP contribution < -0.4 is 9.62 Å². The molecule has 0 radical (unpaired) electrons. The summed E-state index contributed by atoms with van der Waals surface area (Å²) in [5, 5.41) is 7.40. The van der Waals surface area contributed by atoms with E-state index in [0.717, 1.165) is 34.5 Å². The smallest absolute Gasteiger partial charge is 0.295 e. The van der Waals surface area contributed by atoms with E-state index in [9.17, 15) is 17.2 Å². The van der Waals surface area contributed by atoms with E-state index in [1.807, 2.05) is 6.20 Å². The summed E-state index contributed by atoms with van der Waals surface area (Å²) in [4.78, 5) is 8.53. The van der Waals surface area contributed by atoms with Gasteiger partial charge in [0.05, 0.1) is 29.5 Å². The molecule has 0 saturated carbocycles. The molecule has 0 bridgehead atoms. The second kappa shape index (κ2) is 10.1. The minimum absolute atomic E-state index is 0.0581. The van der Waals surface area contributed by atoms with Gasteiger partial charge in [0.25, 0.3) is 6.43 Å². The third-order valence-electron chi connectivity index (χ3n) is 6.43. The zero-order valence-electron chi connectivity index (χ0n) is 20.9. The largest absolute Gasteiger partial charge is 0.358 e. The number of hydrogen-bond donors (Lipinski definition) is 1. The molecule has 10 nitrogen and oxygen atoms in total. The summed E-state index contributed by atoms with van der Waals surface area (Å²) in [6, 6.07) is 6.68. The van der Waals surface area contributed by atoms with Crippen molar-refractivity contribution in [3.63, 3.8) is 0 Å². The number of aryl methyl sites for hydroxylation is 1. The van der Waals surface area contributed by atoms with Gasteiger partial charge in [0.15, 0.2) is 11.5 Å². The van der Waals surface area contributed by atoms with Gasteiger partial charge < -0.3 is 10.1 Å². The zero-order valence-corrected chi connectivity index (χ0v) is 22.5. The molecule has 1 aliphatic heterocycles. The number of hydrogen-bond acceptors (Lipinski definition) is 7. The molecule has 4 aromatic rings. The van der Waals surface area contributed by atoms with E-state index in [2.05, 4.69) is 20.4 Å². The lowest BCUT2D eigenvalue weighted by Crippen LogP contribution is -2.25. The Hall–Kier alpha value is -3.29. The SMILES string of the molecule is CN(c1cc(-c2cnn(C)c2)ccc1Nc1cc(Cl)nc2c1nc(C(F)F)n2C1CCCCO1)S(C)(=O)=O. The molecular formula is C24H26ClF2N7O3S. The van der Waals surface area contributed by atoms with Crippen LogP contribution in [0.5, 0.6) is 0 Å². The number of nitrogens with one attached hydrogen (secondary N) is 1. The van der Waals surface area contributed by atoms with Gasteiger partial charge in [0.1, 0.15) is 16.9 Å². The summed E-state index contributed by atoms with van der Waals surface area (Å²) in [5.41, 5.74) is 2.90. The van der Waals surface area contributed by atoms with Gasteiger partial charge in [0, 0.05) is 38.5 Å². The number of aromatic nitrogens is 5. The molecule has 1 saturated heterocycles. The minimum atomic E-state index is -3.64. The van der Waals surface area contributed by atoms with E-state index in [-0.39, 0.29) is 16.3 Å². The Kier molecular flexibility index (Phi) is 7.01. The van der Waals surface area contributed by atoms with Crippen LogP contribution in [0.15, 0.2) is 36.7 Å². The predicted octanol–water partition coefficient (Wildman–Crippen LogP) is 5.26. The lowest BCUT2D eigenvalue weighted by molar-refractivity contribution is -0.0363. The van der Waals surface area contributed by atoms with Gasteiger partial charge in [-0.15, -0.1) is 0 Å². The third-order valence-corrected chi connectivity index (χ3v) is 7.81. The molecule has 5 rings (SSSR count). The highest BCUT2D eigenvalue weighted by atomic mass is 35.5. The van der Waals surface area contributed by atoms with Gasteiger partial charge in [-0.3, -0.25) is 13.6 Å². The Morgan fingerprint density at radius 1 is 1.18 bits per heavy atom. The Bertz CT molecular complexity index is 1600. The molecule has 1 atom stereocenters. The van der Waals surface area contributed by atoms with E-state index in [1.165, 1.54) is 17.7 Å². The fraction of sp³-hybridized carbons (Fsp3) is 0.375. The molecule has 38 heavy (non-hydrogen) atoms. The van der Waals surface area contributed by atoms with Crippen molar-refractivity contribution in [1.29, 1.82) is 0 Å². The van der Waals surface area contributed by atoms with Crippen molar-refractivity contribution >= 4 is 49.9 Å². The van der Waals surface area contributed by atoms with E-state index in [1.54, 1.807) is 36.1 Å². The van der Waals surface area contributed by atoms with Crippen molar-refractivity contribution in [2.24, 2.45) is 7.05 Å². The quantitative estimate of drug-likeness (QED) is 0.304. The number of halogens is 3. The molecule has 202 valence electrons. The molecule has 14 heteroatoms. The Labute approximate surface area is 223 Å². The number of nitrogens with zero attached hydrogens (tertiary/aromatic N) is 6. The van der Waals surface area contributed by atoms with Crippen LogP contribution in [0.2, 0.25) is 5.15 Å². The average Bonchev–Trinajstić information content (AvgIpc) is 3.48. The van der Waals surface area contributed by atoms with E-state index < -0.39 is 28.5 Å². The van der Waals surface area contributed by atoms with E-state index >= 15 is 0 Å². The lowest BCUT2D eigenvalue weighted by Gasteiger charge is -2.25. The summed E-state index contributed by atoms with van der Waals surface area (Å²) in [6.45, 7) is 0.448. The summed E-state index contributed by atoms with van der Waals surface area (Å²) in [7, 11) is -0.428. The van der Waals surface area contributed by atoms with Crippen LogP contribution in [-0.4, -0.2) is 52.6 Å². The van der Waals surface area contributed by atoms with Gasteiger partial charge in [-0.2, -0.15) is 5.10 Å². The first-order valence-electron chi connectivity index (χ1n) is 11.8. The zero-order chi connectivity index (χ0) is 27.2. The fourth-order valence-electron chi connectivity index (χ4n) is 4.48. The molecule has 1 aliphatic rings. The van der Waals surface area contributed by atoms with Crippen LogP contribution in [0.3, 0.4) is 0 Å². The van der Waals surface area contributed by atoms with Crippen LogP contribution in [0.1, 0.15) is 37.7 Å². The number of anilines is 3. The standard InChI is InChI=1S/C24H26ClF2N7O3S/c1-32-13-15(12-28-32)14-7-8-16(18(10-14)33(2)38(3,35)36)29-17-11-19(25)30-23-21(17)31-24(22(26)27)34(23)20-6-4-5-9-37-20/h7-8,10-13,20,22H,4-6,9H2,1-3H3,(H,29,30). The first-order valence-corrected chi connectivity index (χ1v) is 14.1. The van der Waals surface area contributed by atoms with Gasteiger partial charge in [-0.1, -0.05) is 17.7 Å². The maximum absolute atomic E-state index is 14.1. The summed E-state index contributed by atoms with van der Waals surface area (Å²) < 4.78 is 63.0. The molecule has 3 aromatic heterocycles. The van der Waals surface area contributed by atoms with Crippen molar-refractivity contribution in [2.75, 3.05) is 29.5 Å². The fourth-order valence-corrected chi connectivity index (χ4v) is 5.18. The van der Waals surface area contributed by atoms with Crippen molar-refractivity contribution in [2.45, 2.75) is 31.9 Å². The minimum Gasteiger partial charge on any atom is -0.358 e. The van der Waals surface area contributed by atoms with Crippen molar-refractivity contribution < 1.29 is 21.9 Å². The van der Waals surface area contributed by atoms with Gasteiger partial charge >= 0.3 is 0 Å². The van der Waals surface area contributed by atoms with Crippen LogP contribution in [0, 0.1) is 0 Å². The molecular weight excluding hydrogens is 540 g/mol. The highest BCUT2D eigenvalue weighted by Crippen LogP contribution is 2.39.